The minimum atomic E-state index is -0.832. The van der Waals surface area contributed by atoms with Crippen molar-refractivity contribution in [1.29, 1.82) is 0 Å². The summed E-state index contributed by atoms with van der Waals surface area (Å²) in [5, 5.41) is 18.7. The normalized spacial score (nSPS) is 10.6. The van der Waals surface area contributed by atoms with Crippen molar-refractivity contribution < 1.29 is 14.6 Å². The second-order valence-electron chi connectivity index (χ2n) is 3.26. The van der Waals surface area contributed by atoms with Crippen molar-refractivity contribution in [3.63, 3.8) is 0 Å². The molecule has 84 valence electrons. The first-order valence-corrected chi connectivity index (χ1v) is 5.46. The predicted octanol–water partition coefficient (Wildman–Crippen LogP) is 2.28. The zero-order chi connectivity index (χ0) is 11.4. The third-order valence-corrected chi connectivity index (χ3v) is 2.87. The molecule has 1 aromatic carbocycles. The summed E-state index contributed by atoms with van der Waals surface area (Å²) in [4.78, 5) is 0. The van der Waals surface area contributed by atoms with E-state index in [0.717, 1.165) is 18.9 Å². The number of aromatic hydroxyl groups is 2. The zero-order valence-corrected chi connectivity index (χ0v) is 9.72. The standard InChI is InChI=1S/C10H13BrFNO2/c11-7-5-8(12)10(15)9(14)6(7)3-1-2-4-13/h5,14-15H,1-4,13H2. The highest BCUT2D eigenvalue weighted by Gasteiger charge is 2.15. The number of nitrogens with two attached hydrogens (primary N) is 1. The van der Waals surface area contributed by atoms with Crippen LogP contribution in [-0.2, 0) is 6.42 Å². The van der Waals surface area contributed by atoms with Crippen LogP contribution < -0.4 is 5.73 Å². The smallest absolute Gasteiger partial charge is 0.194 e. The molecule has 0 aliphatic heterocycles. The molecule has 0 aliphatic rings. The van der Waals surface area contributed by atoms with E-state index in [1.807, 2.05) is 0 Å². The van der Waals surface area contributed by atoms with Crippen molar-refractivity contribution in [1.82, 2.24) is 0 Å². The van der Waals surface area contributed by atoms with Crippen LogP contribution in [-0.4, -0.2) is 16.8 Å². The number of benzene rings is 1. The lowest BCUT2D eigenvalue weighted by molar-refractivity contribution is 0.374. The van der Waals surface area contributed by atoms with Gasteiger partial charge in [0.25, 0.3) is 0 Å². The van der Waals surface area contributed by atoms with E-state index in [9.17, 15) is 14.6 Å². The van der Waals surface area contributed by atoms with Crippen LogP contribution in [0.15, 0.2) is 10.5 Å². The predicted molar refractivity (Wildman–Crippen MR) is 59.4 cm³/mol. The number of halogens is 2. The molecule has 4 N–H and O–H groups in total. The van der Waals surface area contributed by atoms with E-state index in [1.54, 1.807) is 0 Å². The summed E-state index contributed by atoms with van der Waals surface area (Å²) in [6.45, 7) is 0.575. The number of phenolic OH excluding ortho intramolecular Hbond substituents is 2. The summed E-state index contributed by atoms with van der Waals surface area (Å²) in [5.41, 5.74) is 5.86. The molecule has 0 amide bonds. The molecule has 0 heterocycles. The number of phenols is 2. The number of unbranched alkanes of at least 4 members (excludes halogenated alkanes) is 1. The molecule has 0 atom stereocenters. The maximum atomic E-state index is 12.9. The maximum absolute atomic E-state index is 12.9. The highest BCUT2D eigenvalue weighted by molar-refractivity contribution is 9.10. The SMILES string of the molecule is NCCCCc1c(Br)cc(F)c(O)c1O. The Hall–Kier alpha value is -0.810. The number of rotatable bonds is 4. The lowest BCUT2D eigenvalue weighted by Gasteiger charge is -2.09. The molecule has 5 heteroatoms. The number of hydrogen-bond donors (Lipinski definition) is 3. The summed E-state index contributed by atoms with van der Waals surface area (Å²) in [6, 6.07) is 1.15. The molecular formula is C10H13BrFNO2. The zero-order valence-electron chi connectivity index (χ0n) is 8.13. The molecule has 0 spiro atoms. The molecule has 0 fully saturated rings. The fourth-order valence-electron chi connectivity index (χ4n) is 1.32. The Labute approximate surface area is 95.9 Å². The van der Waals surface area contributed by atoms with Gasteiger partial charge in [-0.3, -0.25) is 0 Å². The lowest BCUT2D eigenvalue weighted by Crippen LogP contribution is -1.99. The van der Waals surface area contributed by atoms with E-state index in [2.05, 4.69) is 15.9 Å². The van der Waals surface area contributed by atoms with Crippen molar-refractivity contribution in [2.45, 2.75) is 19.3 Å². The van der Waals surface area contributed by atoms with Gasteiger partial charge in [-0.05, 0) is 31.9 Å². The lowest BCUT2D eigenvalue weighted by atomic mass is 10.1. The molecule has 0 unspecified atom stereocenters. The third kappa shape index (κ3) is 2.82. The molecule has 0 saturated carbocycles. The minimum Gasteiger partial charge on any atom is -0.504 e. The van der Waals surface area contributed by atoms with Gasteiger partial charge in [-0.25, -0.2) is 4.39 Å². The molecular weight excluding hydrogens is 265 g/mol. The average Bonchev–Trinajstić information content (AvgIpc) is 2.20. The van der Waals surface area contributed by atoms with E-state index in [0.29, 0.717) is 23.0 Å². The molecule has 0 bridgehead atoms. The van der Waals surface area contributed by atoms with E-state index in [1.165, 1.54) is 0 Å². The van der Waals surface area contributed by atoms with Gasteiger partial charge in [-0.1, -0.05) is 15.9 Å². The van der Waals surface area contributed by atoms with Crippen LogP contribution >= 0.6 is 15.9 Å². The first kappa shape index (κ1) is 12.3. The minimum absolute atomic E-state index is 0.390. The Morgan fingerprint density at radius 3 is 2.53 bits per heavy atom. The van der Waals surface area contributed by atoms with Crippen molar-refractivity contribution in [2.75, 3.05) is 6.54 Å². The van der Waals surface area contributed by atoms with Crippen LogP contribution in [0.2, 0.25) is 0 Å². The van der Waals surface area contributed by atoms with Gasteiger partial charge in [0, 0.05) is 10.0 Å². The summed E-state index contributed by atoms with van der Waals surface area (Å²) >= 11 is 3.14. The Balaban J connectivity index is 2.92. The van der Waals surface area contributed by atoms with Crippen LogP contribution in [0.5, 0.6) is 11.5 Å². The van der Waals surface area contributed by atoms with Crippen LogP contribution in [0.4, 0.5) is 4.39 Å². The third-order valence-electron chi connectivity index (χ3n) is 2.16. The van der Waals surface area contributed by atoms with Crippen LogP contribution in [0.3, 0.4) is 0 Å². The second-order valence-corrected chi connectivity index (χ2v) is 4.12. The van der Waals surface area contributed by atoms with E-state index >= 15 is 0 Å². The fraction of sp³-hybridized carbons (Fsp3) is 0.400. The van der Waals surface area contributed by atoms with Gasteiger partial charge in [0.2, 0.25) is 0 Å². The highest BCUT2D eigenvalue weighted by atomic mass is 79.9. The fourth-order valence-corrected chi connectivity index (χ4v) is 1.91. The van der Waals surface area contributed by atoms with Crippen LogP contribution in [0, 0.1) is 5.82 Å². The molecule has 15 heavy (non-hydrogen) atoms. The van der Waals surface area contributed by atoms with Crippen molar-refractivity contribution in [2.24, 2.45) is 5.73 Å². The topological polar surface area (TPSA) is 66.5 Å². The molecule has 0 aromatic heterocycles. The van der Waals surface area contributed by atoms with Crippen molar-refractivity contribution in [3.8, 4) is 11.5 Å². The maximum Gasteiger partial charge on any atom is 0.194 e. The Kier molecular flexibility index (Phi) is 4.35. The van der Waals surface area contributed by atoms with Crippen molar-refractivity contribution in [3.05, 3.63) is 21.9 Å². The quantitative estimate of drug-likeness (QED) is 0.584. The highest BCUT2D eigenvalue weighted by Crippen LogP contribution is 2.37. The molecule has 0 radical (unpaired) electrons. The van der Waals surface area contributed by atoms with E-state index < -0.39 is 11.6 Å². The monoisotopic (exact) mass is 277 g/mol. The Bertz CT molecular complexity index is 358. The van der Waals surface area contributed by atoms with Crippen molar-refractivity contribution >= 4 is 15.9 Å². The summed E-state index contributed by atoms with van der Waals surface area (Å²) in [7, 11) is 0. The largest absolute Gasteiger partial charge is 0.504 e. The molecule has 0 aliphatic carbocycles. The van der Waals surface area contributed by atoms with Gasteiger partial charge >= 0.3 is 0 Å². The van der Waals surface area contributed by atoms with E-state index in [-0.39, 0.29) is 5.75 Å². The first-order chi connectivity index (χ1) is 7.07. The van der Waals surface area contributed by atoms with Gasteiger partial charge in [-0.2, -0.15) is 0 Å². The van der Waals surface area contributed by atoms with Gasteiger partial charge in [0.05, 0.1) is 0 Å². The Morgan fingerprint density at radius 2 is 1.93 bits per heavy atom. The van der Waals surface area contributed by atoms with Crippen LogP contribution in [0.1, 0.15) is 18.4 Å². The number of hydrogen-bond acceptors (Lipinski definition) is 3. The summed E-state index contributed by atoms with van der Waals surface area (Å²) in [6.07, 6.45) is 2.16. The summed E-state index contributed by atoms with van der Waals surface area (Å²) < 4.78 is 13.4. The molecule has 3 nitrogen and oxygen atoms in total. The average molecular weight is 278 g/mol. The van der Waals surface area contributed by atoms with Gasteiger partial charge in [-0.15, -0.1) is 0 Å². The van der Waals surface area contributed by atoms with Crippen LogP contribution in [0.25, 0.3) is 0 Å². The molecule has 1 aromatic rings. The Morgan fingerprint density at radius 1 is 1.27 bits per heavy atom. The van der Waals surface area contributed by atoms with Gasteiger partial charge in [0.1, 0.15) is 0 Å². The molecule has 0 saturated heterocycles. The second kappa shape index (κ2) is 5.32. The van der Waals surface area contributed by atoms with Gasteiger partial charge in [0.15, 0.2) is 17.3 Å². The van der Waals surface area contributed by atoms with Gasteiger partial charge < -0.3 is 15.9 Å². The molecule has 1 rings (SSSR count). The van der Waals surface area contributed by atoms with E-state index in [4.69, 9.17) is 5.73 Å². The first-order valence-electron chi connectivity index (χ1n) is 4.66. The summed E-state index contributed by atoms with van der Waals surface area (Å²) in [5.74, 6) is -1.92.